The van der Waals surface area contributed by atoms with Gasteiger partial charge in [0.25, 0.3) is 5.91 Å². The number of rotatable bonds is 5. The van der Waals surface area contributed by atoms with Crippen molar-refractivity contribution >= 4 is 11.9 Å². The van der Waals surface area contributed by atoms with Gasteiger partial charge in [-0.05, 0) is 37.3 Å². The first-order valence-electron chi connectivity index (χ1n) is 7.60. The molecule has 0 aliphatic heterocycles. The zero-order valence-electron chi connectivity index (χ0n) is 13.6. The quantitative estimate of drug-likeness (QED) is 0.642. The molecular formula is C17H17N5O3. The van der Waals surface area contributed by atoms with Crippen molar-refractivity contribution in [3.8, 4) is 11.5 Å². The van der Waals surface area contributed by atoms with Crippen LogP contribution < -0.4 is 11.1 Å². The van der Waals surface area contributed by atoms with Gasteiger partial charge < -0.3 is 20.6 Å². The average Bonchev–Trinajstić information content (AvgIpc) is 3.06. The summed E-state index contributed by atoms with van der Waals surface area (Å²) < 4.78 is 5.50. The maximum absolute atomic E-state index is 12.3. The molecule has 0 bridgehead atoms. The van der Waals surface area contributed by atoms with Gasteiger partial charge in [-0.3, -0.25) is 9.78 Å². The first kappa shape index (κ1) is 16.6. The Morgan fingerprint density at radius 2 is 2.00 bits per heavy atom. The van der Waals surface area contributed by atoms with Crippen molar-refractivity contribution in [3.63, 3.8) is 0 Å². The lowest BCUT2D eigenvalue weighted by Crippen LogP contribution is -2.25. The number of nitrogens with zero attached hydrogens (tertiary/aromatic N) is 3. The van der Waals surface area contributed by atoms with Crippen LogP contribution in [0, 0.1) is 6.92 Å². The van der Waals surface area contributed by atoms with Crippen LogP contribution in [0.4, 0.5) is 5.95 Å². The van der Waals surface area contributed by atoms with Crippen LogP contribution in [-0.2, 0) is 13.2 Å². The van der Waals surface area contributed by atoms with E-state index in [1.54, 1.807) is 30.3 Å². The average molecular weight is 339 g/mol. The fourth-order valence-electron chi connectivity index (χ4n) is 2.26. The summed E-state index contributed by atoms with van der Waals surface area (Å²) >= 11 is 0. The van der Waals surface area contributed by atoms with Crippen LogP contribution in [0.25, 0.3) is 11.5 Å². The lowest BCUT2D eigenvalue weighted by atomic mass is 10.2. The molecule has 0 atom stereocenters. The largest absolute Gasteiger partial charge is 0.460 e. The van der Waals surface area contributed by atoms with E-state index in [0.29, 0.717) is 22.8 Å². The predicted octanol–water partition coefficient (Wildman–Crippen LogP) is 1.44. The molecule has 0 radical (unpaired) electrons. The molecule has 25 heavy (non-hydrogen) atoms. The molecule has 3 heterocycles. The molecule has 128 valence electrons. The third-order valence-corrected chi connectivity index (χ3v) is 3.43. The minimum atomic E-state index is -0.408. The Morgan fingerprint density at radius 3 is 2.72 bits per heavy atom. The minimum Gasteiger partial charge on any atom is -0.460 e. The van der Waals surface area contributed by atoms with E-state index >= 15 is 0 Å². The van der Waals surface area contributed by atoms with Crippen molar-refractivity contribution in [1.82, 2.24) is 20.3 Å². The number of aliphatic hydroxyl groups excluding tert-OH is 1. The van der Waals surface area contributed by atoms with Gasteiger partial charge in [0.15, 0.2) is 5.76 Å². The number of nitrogens with two attached hydrogens (primary N) is 1. The van der Waals surface area contributed by atoms with Gasteiger partial charge in [-0.15, -0.1) is 0 Å². The number of hydrogen-bond donors (Lipinski definition) is 3. The maximum atomic E-state index is 12.3. The highest BCUT2D eigenvalue weighted by molar-refractivity contribution is 5.93. The van der Waals surface area contributed by atoms with Gasteiger partial charge in [0, 0.05) is 0 Å². The van der Waals surface area contributed by atoms with Crippen LogP contribution in [-0.4, -0.2) is 26.0 Å². The zero-order valence-corrected chi connectivity index (χ0v) is 13.6. The van der Waals surface area contributed by atoms with Crippen LogP contribution in [0.5, 0.6) is 0 Å². The number of aromatic nitrogens is 3. The second kappa shape index (κ2) is 7.10. The third-order valence-electron chi connectivity index (χ3n) is 3.43. The van der Waals surface area contributed by atoms with Crippen molar-refractivity contribution < 1.29 is 14.3 Å². The fourth-order valence-corrected chi connectivity index (χ4v) is 2.26. The number of anilines is 1. The Kier molecular flexibility index (Phi) is 4.71. The lowest BCUT2D eigenvalue weighted by molar-refractivity contribution is 0.0945. The number of furan rings is 1. The van der Waals surface area contributed by atoms with Crippen LogP contribution in [0.15, 0.2) is 40.8 Å². The Hall–Kier alpha value is -3.26. The number of carbonyl (C=O) groups excluding carboxylic acids is 1. The van der Waals surface area contributed by atoms with Gasteiger partial charge in [0.1, 0.15) is 17.1 Å². The molecule has 3 rings (SSSR count). The van der Waals surface area contributed by atoms with E-state index in [-0.39, 0.29) is 24.8 Å². The lowest BCUT2D eigenvalue weighted by Gasteiger charge is -2.07. The van der Waals surface area contributed by atoms with Crippen molar-refractivity contribution in [3.05, 3.63) is 59.2 Å². The van der Waals surface area contributed by atoms with Gasteiger partial charge >= 0.3 is 0 Å². The summed E-state index contributed by atoms with van der Waals surface area (Å²) in [6.07, 6.45) is 0. The second-order valence-corrected chi connectivity index (χ2v) is 5.37. The van der Waals surface area contributed by atoms with E-state index in [9.17, 15) is 4.79 Å². The standard InChI is InChI=1S/C17H17N5O3/c1-10-5-6-15(25-10)13-7-14(22-17(18)21-13)16(24)19-8-11-3-2-4-12(9-23)20-11/h2-7,23H,8-9H2,1H3,(H,19,24)(H2,18,21,22). The SMILES string of the molecule is Cc1ccc(-c2cc(C(=O)NCc3cccc(CO)n3)nc(N)n2)o1. The number of aliphatic hydroxyl groups is 1. The van der Waals surface area contributed by atoms with E-state index in [0.717, 1.165) is 5.76 Å². The van der Waals surface area contributed by atoms with Crippen LogP contribution in [0.1, 0.15) is 27.6 Å². The molecule has 4 N–H and O–H groups in total. The number of aryl methyl sites for hydroxylation is 1. The van der Waals surface area contributed by atoms with E-state index in [4.69, 9.17) is 15.3 Å². The predicted molar refractivity (Wildman–Crippen MR) is 90.2 cm³/mol. The normalized spacial score (nSPS) is 10.6. The number of pyridine rings is 1. The van der Waals surface area contributed by atoms with Crippen molar-refractivity contribution in [1.29, 1.82) is 0 Å². The summed E-state index contributed by atoms with van der Waals surface area (Å²) in [6, 6.07) is 10.3. The Balaban J connectivity index is 1.76. The summed E-state index contributed by atoms with van der Waals surface area (Å²) in [6.45, 7) is 1.86. The molecule has 0 aliphatic carbocycles. The number of nitrogen functional groups attached to an aromatic ring is 1. The molecule has 1 amide bonds. The van der Waals surface area contributed by atoms with Gasteiger partial charge in [-0.2, -0.15) is 0 Å². The van der Waals surface area contributed by atoms with E-state index in [1.165, 1.54) is 6.07 Å². The van der Waals surface area contributed by atoms with Crippen LogP contribution >= 0.6 is 0 Å². The molecule has 0 aliphatic rings. The summed E-state index contributed by atoms with van der Waals surface area (Å²) in [5, 5.41) is 11.8. The molecule has 3 aromatic heterocycles. The molecule has 0 saturated heterocycles. The molecule has 8 heteroatoms. The zero-order chi connectivity index (χ0) is 17.8. The minimum absolute atomic E-state index is 0.0166. The van der Waals surface area contributed by atoms with Gasteiger partial charge in [-0.25, -0.2) is 9.97 Å². The van der Waals surface area contributed by atoms with E-state index in [1.807, 2.05) is 6.92 Å². The summed E-state index contributed by atoms with van der Waals surface area (Å²) in [5.41, 5.74) is 7.44. The van der Waals surface area contributed by atoms with Crippen LogP contribution in [0.2, 0.25) is 0 Å². The second-order valence-electron chi connectivity index (χ2n) is 5.37. The van der Waals surface area contributed by atoms with Crippen LogP contribution in [0.3, 0.4) is 0 Å². The van der Waals surface area contributed by atoms with Crippen molar-refractivity contribution in [2.45, 2.75) is 20.1 Å². The van der Waals surface area contributed by atoms with E-state index in [2.05, 4.69) is 20.3 Å². The monoisotopic (exact) mass is 339 g/mol. The molecule has 0 saturated carbocycles. The highest BCUT2D eigenvalue weighted by atomic mass is 16.3. The van der Waals surface area contributed by atoms with Gasteiger partial charge in [-0.1, -0.05) is 6.07 Å². The first-order chi connectivity index (χ1) is 12.0. The molecule has 3 aromatic rings. The number of amides is 1. The summed E-state index contributed by atoms with van der Waals surface area (Å²) in [5.74, 6) is 0.818. The third kappa shape index (κ3) is 3.99. The highest BCUT2D eigenvalue weighted by Crippen LogP contribution is 2.21. The number of hydrogen-bond acceptors (Lipinski definition) is 7. The van der Waals surface area contributed by atoms with Crippen molar-refractivity contribution in [2.75, 3.05) is 5.73 Å². The molecular weight excluding hydrogens is 322 g/mol. The smallest absolute Gasteiger partial charge is 0.270 e. The molecule has 8 nitrogen and oxygen atoms in total. The summed E-state index contributed by atoms with van der Waals surface area (Å²) in [7, 11) is 0. The Bertz CT molecular complexity index is 907. The molecule has 0 aromatic carbocycles. The number of carbonyl (C=O) groups is 1. The fraction of sp³-hybridized carbons (Fsp3) is 0.176. The highest BCUT2D eigenvalue weighted by Gasteiger charge is 2.14. The first-order valence-corrected chi connectivity index (χ1v) is 7.60. The topological polar surface area (TPSA) is 127 Å². The van der Waals surface area contributed by atoms with E-state index < -0.39 is 5.91 Å². The van der Waals surface area contributed by atoms with Gasteiger partial charge in [0.05, 0.1) is 24.5 Å². The summed E-state index contributed by atoms with van der Waals surface area (Å²) in [4.78, 5) is 24.6. The van der Waals surface area contributed by atoms with Crippen molar-refractivity contribution in [2.24, 2.45) is 0 Å². The molecule has 0 fully saturated rings. The Morgan fingerprint density at radius 1 is 1.20 bits per heavy atom. The maximum Gasteiger partial charge on any atom is 0.270 e. The Labute approximate surface area is 143 Å². The van der Waals surface area contributed by atoms with Gasteiger partial charge in [0.2, 0.25) is 5.95 Å². The number of nitrogens with one attached hydrogen (secondary N) is 1. The molecule has 0 spiro atoms. The molecule has 0 unspecified atom stereocenters.